The molecule has 1 heterocycles. The van der Waals surface area contributed by atoms with E-state index < -0.39 is 0 Å². The van der Waals surface area contributed by atoms with Crippen LogP contribution in [0.2, 0.25) is 0 Å². The monoisotopic (exact) mass is 291 g/mol. The molecule has 0 aliphatic carbocycles. The highest BCUT2D eigenvalue weighted by atomic mass is 19.1. The van der Waals surface area contributed by atoms with Crippen LogP contribution in [0.3, 0.4) is 0 Å². The zero-order valence-electron chi connectivity index (χ0n) is 12.8. The van der Waals surface area contributed by atoms with Gasteiger partial charge in [-0.25, -0.2) is 4.39 Å². The van der Waals surface area contributed by atoms with Gasteiger partial charge in [0, 0.05) is 12.5 Å². The van der Waals surface area contributed by atoms with Crippen LogP contribution in [0.15, 0.2) is 28.8 Å². The van der Waals surface area contributed by atoms with E-state index in [2.05, 4.69) is 36.2 Å². The minimum absolute atomic E-state index is 0.277. The lowest BCUT2D eigenvalue weighted by atomic mass is 10.0. The standard InChI is InChI=1S/C16H22FN3O/c1-4-9-18-14(11(2)3)10-15-19-16(20-21-15)12-7-5-6-8-13(12)17/h5-8,11,14,18H,4,9-10H2,1-3H3. The molecule has 0 spiro atoms. The van der Waals surface area contributed by atoms with Crippen molar-refractivity contribution in [3.8, 4) is 11.4 Å². The third-order valence-electron chi connectivity index (χ3n) is 3.44. The lowest BCUT2D eigenvalue weighted by molar-refractivity contribution is 0.326. The molecule has 5 heteroatoms. The zero-order chi connectivity index (χ0) is 15.2. The van der Waals surface area contributed by atoms with Gasteiger partial charge in [0.05, 0.1) is 5.56 Å². The lowest BCUT2D eigenvalue weighted by Crippen LogP contribution is -2.36. The first-order valence-corrected chi connectivity index (χ1v) is 7.42. The highest BCUT2D eigenvalue weighted by molar-refractivity contribution is 5.54. The smallest absolute Gasteiger partial charge is 0.228 e. The summed E-state index contributed by atoms with van der Waals surface area (Å²) in [5.41, 5.74) is 0.370. The first-order chi connectivity index (χ1) is 10.1. The molecule has 4 nitrogen and oxygen atoms in total. The van der Waals surface area contributed by atoms with Crippen molar-refractivity contribution in [1.29, 1.82) is 0 Å². The molecule has 0 saturated carbocycles. The van der Waals surface area contributed by atoms with E-state index >= 15 is 0 Å². The Labute approximate surface area is 124 Å². The Kier molecular flexibility index (Phi) is 5.44. The van der Waals surface area contributed by atoms with E-state index in [-0.39, 0.29) is 11.9 Å². The predicted molar refractivity (Wildman–Crippen MR) is 80.3 cm³/mol. The fraction of sp³-hybridized carbons (Fsp3) is 0.500. The number of aromatic nitrogens is 2. The number of rotatable bonds is 7. The summed E-state index contributed by atoms with van der Waals surface area (Å²) in [5.74, 6) is 0.964. The summed E-state index contributed by atoms with van der Waals surface area (Å²) in [6.45, 7) is 7.40. The molecule has 21 heavy (non-hydrogen) atoms. The van der Waals surface area contributed by atoms with Gasteiger partial charge in [0.15, 0.2) is 0 Å². The van der Waals surface area contributed by atoms with Gasteiger partial charge >= 0.3 is 0 Å². The molecule has 2 rings (SSSR count). The molecule has 0 amide bonds. The average molecular weight is 291 g/mol. The molecule has 1 atom stereocenters. The number of nitrogens with zero attached hydrogens (tertiary/aromatic N) is 2. The van der Waals surface area contributed by atoms with Crippen molar-refractivity contribution in [2.24, 2.45) is 5.92 Å². The molecule has 114 valence electrons. The molecule has 1 unspecified atom stereocenters. The van der Waals surface area contributed by atoms with Gasteiger partial charge in [-0.15, -0.1) is 0 Å². The van der Waals surface area contributed by atoms with Crippen LogP contribution in [0, 0.1) is 11.7 Å². The molecule has 0 aliphatic heterocycles. The Morgan fingerprint density at radius 2 is 2.05 bits per heavy atom. The second-order valence-corrected chi connectivity index (χ2v) is 5.50. The summed E-state index contributed by atoms with van der Waals surface area (Å²) in [4.78, 5) is 4.31. The van der Waals surface area contributed by atoms with Crippen LogP contribution in [0.4, 0.5) is 4.39 Å². The minimum atomic E-state index is -0.339. The molecular formula is C16H22FN3O. The Bertz CT molecular complexity index is 568. The summed E-state index contributed by atoms with van der Waals surface area (Å²) in [6.07, 6.45) is 1.73. The first-order valence-electron chi connectivity index (χ1n) is 7.42. The maximum atomic E-state index is 13.7. The van der Waals surface area contributed by atoms with Crippen LogP contribution in [-0.2, 0) is 6.42 Å². The summed E-state index contributed by atoms with van der Waals surface area (Å²) < 4.78 is 19.0. The Balaban J connectivity index is 2.10. The Morgan fingerprint density at radius 3 is 2.71 bits per heavy atom. The van der Waals surface area contributed by atoms with Crippen LogP contribution in [-0.4, -0.2) is 22.7 Å². The molecule has 0 fully saturated rings. The van der Waals surface area contributed by atoms with Crippen LogP contribution < -0.4 is 5.32 Å². The molecule has 1 N–H and O–H groups in total. The molecule has 2 aromatic rings. The second kappa shape index (κ2) is 7.31. The second-order valence-electron chi connectivity index (χ2n) is 5.50. The van der Waals surface area contributed by atoms with Gasteiger partial charge in [-0.3, -0.25) is 0 Å². The topological polar surface area (TPSA) is 51.0 Å². The fourth-order valence-corrected chi connectivity index (χ4v) is 2.15. The fourth-order valence-electron chi connectivity index (χ4n) is 2.15. The van der Waals surface area contributed by atoms with Crippen molar-refractivity contribution >= 4 is 0 Å². The van der Waals surface area contributed by atoms with E-state index in [9.17, 15) is 4.39 Å². The highest BCUT2D eigenvalue weighted by Crippen LogP contribution is 2.20. The van der Waals surface area contributed by atoms with E-state index in [4.69, 9.17) is 4.52 Å². The average Bonchev–Trinajstić information content (AvgIpc) is 2.92. The van der Waals surface area contributed by atoms with Crippen LogP contribution in [0.1, 0.15) is 33.1 Å². The number of halogens is 1. The van der Waals surface area contributed by atoms with Gasteiger partial charge in [-0.2, -0.15) is 4.98 Å². The van der Waals surface area contributed by atoms with Crippen molar-refractivity contribution in [3.05, 3.63) is 36.0 Å². The number of hydrogen-bond acceptors (Lipinski definition) is 4. The van der Waals surface area contributed by atoms with Gasteiger partial charge in [-0.05, 0) is 31.0 Å². The van der Waals surface area contributed by atoms with Gasteiger partial charge in [0.1, 0.15) is 5.82 Å². The van der Waals surface area contributed by atoms with Gasteiger partial charge in [0.2, 0.25) is 11.7 Å². The molecule has 0 bridgehead atoms. The van der Waals surface area contributed by atoms with Crippen LogP contribution >= 0.6 is 0 Å². The first kappa shape index (κ1) is 15.6. The summed E-state index contributed by atoms with van der Waals surface area (Å²) >= 11 is 0. The third kappa shape index (κ3) is 4.11. The van der Waals surface area contributed by atoms with Gasteiger partial charge < -0.3 is 9.84 Å². The molecule has 0 saturated heterocycles. The van der Waals surface area contributed by atoms with E-state index in [1.807, 2.05) is 0 Å². The quantitative estimate of drug-likeness (QED) is 0.849. The van der Waals surface area contributed by atoms with Crippen LogP contribution in [0.5, 0.6) is 0 Å². The number of hydrogen-bond donors (Lipinski definition) is 1. The largest absolute Gasteiger partial charge is 0.339 e. The molecular weight excluding hydrogens is 269 g/mol. The predicted octanol–water partition coefficient (Wildman–Crippen LogP) is 3.44. The molecule has 1 aromatic heterocycles. The van der Waals surface area contributed by atoms with E-state index in [0.29, 0.717) is 29.6 Å². The van der Waals surface area contributed by atoms with E-state index in [1.165, 1.54) is 6.07 Å². The molecule has 0 aliphatic rings. The Morgan fingerprint density at radius 1 is 1.29 bits per heavy atom. The van der Waals surface area contributed by atoms with E-state index in [1.54, 1.807) is 18.2 Å². The van der Waals surface area contributed by atoms with Gasteiger partial charge in [0.25, 0.3) is 0 Å². The SMILES string of the molecule is CCCNC(Cc1nc(-c2ccccc2F)no1)C(C)C. The number of nitrogens with one attached hydrogen (secondary N) is 1. The maximum Gasteiger partial charge on any atom is 0.228 e. The van der Waals surface area contributed by atoms with Crippen molar-refractivity contribution in [1.82, 2.24) is 15.5 Å². The van der Waals surface area contributed by atoms with Crippen molar-refractivity contribution in [3.63, 3.8) is 0 Å². The summed E-state index contributed by atoms with van der Waals surface area (Å²) in [6, 6.07) is 6.72. The maximum absolute atomic E-state index is 13.7. The Hall–Kier alpha value is -1.75. The van der Waals surface area contributed by atoms with E-state index in [0.717, 1.165) is 13.0 Å². The molecule has 1 aromatic carbocycles. The number of benzene rings is 1. The van der Waals surface area contributed by atoms with Crippen LogP contribution in [0.25, 0.3) is 11.4 Å². The van der Waals surface area contributed by atoms with Crippen molar-refractivity contribution in [2.45, 2.75) is 39.7 Å². The molecule has 0 radical (unpaired) electrons. The third-order valence-corrected chi connectivity index (χ3v) is 3.44. The lowest BCUT2D eigenvalue weighted by Gasteiger charge is -2.20. The highest BCUT2D eigenvalue weighted by Gasteiger charge is 2.18. The zero-order valence-corrected chi connectivity index (χ0v) is 12.8. The van der Waals surface area contributed by atoms with Crippen molar-refractivity contribution in [2.75, 3.05) is 6.54 Å². The normalized spacial score (nSPS) is 12.8. The minimum Gasteiger partial charge on any atom is -0.339 e. The van der Waals surface area contributed by atoms with Crippen molar-refractivity contribution < 1.29 is 8.91 Å². The summed E-state index contributed by atoms with van der Waals surface area (Å²) in [7, 11) is 0. The summed E-state index contributed by atoms with van der Waals surface area (Å²) in [5, 5.41) is 7.36. The van der Waals surface area contributed by atoms with Gasteiger partial charge in [-0.1, -0.05) is 38.1 Å².